The lowest BCUT2D eigenvalue weighted by atomic mass is 10.2. The molecule has 1 aromatic rings. The lowest BCUT2D eigenvalue weighted by molar-refractivity contribution is 0.0814. The first-order valence-corrected chi connectivity index (χ1v) is 6.01. The van der Waals surface area contributed by atoms with Gasteiger partial charge >= 0.3 is 0 Å². The summed E-state index contributed by atoms with van der Waals surface area (Å²) < 4.78 is 15.9. The molecule has 18 heavy (non-hydrogen) atoms. The smallest absolute Gasteiger partial charge is 0.153 e. The lowest BCUT2D eigenvalue weighted by Gasteiger charge is -2.11. The van der Waals surface area contributed by atoms with Gasteiger partial charge in [-0.25, -0.2) is 0 Å². The number of rotatable bonds is 8. The minimum absolute atomic E-state index is 0.430. The Bertz CT molecular complexity index is 374. The Kier molecular flexibility index (Phi) is 6.22. The van der Waals surface area contributed by atoms with E-state index in [-0.39, 0.29) is 0 Å². The van der Waals surface area contributed by atoms with Crippen LogP contribution in [0.1, 0.15) is 24.2 Å². The zero-order valence-electron chi connectivity index (χ0n) is 11.1. The first kappa shape index (κ1) is 14.5. The highest BCUT2D eigenvalue weighted by molar-refractivity contribution is 5.80. The van der Waals surface area contributed by atoms with Gasteiger partial charge in [0.1, 0.15) is 18.1 Å². The van der Waals surface area contributed by atoms with Gasteiger partial charge < -0.3 is 14.2 Å². The van der Waals surface area contributed by atoms with Crippen molar-refractivity contribution < 1.29 is 19.0 Å². The summed E-state index contributed by atoms with van der Waals surface area (Å²) in [4.78, 5) is 10.9. The van der Waals surface area contributed by atoms with E-state index in [0.29, 0.717) is 42.8 Å². The molecule has 0 N–H and O–H groups in total. The lowest BCUT2D eigenvalue weighted by Crippen LogP contribution is -2.10. The van der Waals surface area contributed by atoms with Crippen molar-refractivity contribution in [2.24, 2.45) is 5.92 Å². The molecule has 100 valence electrons. The summed E-state index contributed by atoms with van der Waals surface area (Å²) >= 11 is 0. The topological polar surface area (TPSA) is 44.8 Å². The standard InChI is InChI=1S/C14H20O4/c1-11(2)10-17-6-7-18-14-5-4-13(16-3)8-12(14)9-15/h4-5,8-9,11H,6-7,10H2,1-3H3. The summed E-state index contributed by atoms with van der Waals surface area (Å²) in [5, 5.41) is 0. The Morgan fingerprint density at radius 3 is 2.67 bits per heavy atom. The number of carbonyl (C=O) groups excluding carboxylic acids is 1. The van der Waals surface area contributed by atoms with Crippen LogP contribution in [0, 0.1) is 5.92 Å². The monoisotopic (exact) mass is 252 g/mol. The zero-order chi connectivity index (χ0) is 13.4. The van der Waals surface area contributed by atoms with Crippen LogP contribution >= 0.6 is 0 Å². The van der Waals surface area contributed by atoms with E-state index >= 15 is 0 Å². The summed E-state index contributed by atoms with van der Waals surface area (Å²) in [5.41, 5.74) is 0.484. The number of benzene rings is 1. The molecule has 0 unspecified atom stereocenters. The quantitative estimate of drug-likeness (QED) is 0.527. The normalized spacial score (nSPS) is 10.4. The van der Waals surface area contributed by atoms with Crippen LogP contribution in [0.5, 0.6) is 11.5 Å². The Morgan fingerprint density at radius 2 is 2.06 bits per heavy atom. The van der Waals surface area contributed by atoms with Crippen LogP contribution < -0.4 is 9.47 Å². The van der Waals surface area contributed by atoms with E-state index < -0.39 is 0 Å². The molecule has 0 atom stereocenters. The molecular weight excluding hydrogens is 232 g/mol. The molecule has 0 heterocycles. The first-order chi connectivity index (χ1) is 8.67. The fraction of sp³-hybridized carbons (Fsp3) is 0.500. The van der Waals surface area contributed by atoms with Crippen molar-refractivity contribution in [3.05, 3.63) is 23.8 Å². The van der Waals surface area contributed by atoms with E-state index in [9.17, 15) is 4.79 Å². The van der Waals surface area contributed by atoms with Gasteiger partial charge in [-0.15, -0.1) is 0 Å². The summed E-state index contributed by atoms with van der Waals surface area (Å²) in [5.74, 6) is 1.70. The van der Waals surface area contributed by atoms with Gasteiger partial charge in [0, 0.05) is 6.61 Å². The molecule has 0 saturated carbocycles. The predicted molar refractivity (Wildman–Crippen MR) is 69.5 cm³/mol. The zero-order valence-corrected chi connectivity index (χ0v) is 11.1. The van der Waals surface area contributed by atoms with Crippen LogP contribution in [0.15, 0.2) is 18.2 Å². The van der Waals surface area contributed by atoms with Gasteiger partial charge in [0.15, 0.2) is 6.29 Å². The summed E-state index contributed by atoms with van der Waals surface area (Å²) in [6, 6.07) is 5.14. The highest BCUT2D eigenvalue weighted by Gasteiger charge is 2.04. The van der Waals surface area contributed by atoms with Crippen LogP contribution in [0.2, 0.25) is 0 Å². The van der Waals surface area contributed by atoms with Gasteiger partial charge in [-0.1, -0.05) is 13.8 Å². The maximum absolute atomic E-state index is 10.9. The Hall–Kier alpha value is -1.55. The largest absolute Gasteiger partial charge is 0.497 e. The Balaban J connectivity index is 2.44. The van der Waals surface area contributed by atoms with Gasteiger partial charge in [0.25, 0.3) is 0 Å². The molecule has 0 aliphatic rings. The van der Waals surface area contributed by atoms with Gasteiger partial charge in [-0.2, -0.15) is 0 Å². The first-order valence-electron chi connectivity index (χ1n) is 6.01. The molecule has 0 amide bonds. The number of hydrogen-bond acceptors (Lipinski definition) is 4. The molecular formula is C14H20O4. The SMILES string of the molecule is COc1ccc(OCCOCC(C)C)c(C=O)c1. The van der Waals surface area contributed by atoms with Crippen molar-refractivity contribution in [3.63, 3.8) is 0 Å². The van der Waals surface area contributed by atoms with E-state index in [2.05, 4.69) is 13.8 Å². The highest BCUT2D eigenvalue weighted by atomic mass is 16.5. The second-order valence-corrected chi connectivity index (χ2v) is 4.34. The third-order valence-corrected chi connectivity index (χ3v) is 2.28. The van der Waals surface area contributed by atoms with Gasteiger partial charge in [0.2, 0.25) is 0 Å². The number of carbonyl (C=O) groups is 1. The number of hydrogen-bond donors (Lipinski definition) is 0. The molecule has 4 heteroatoms. The molecule has 1 aromatic carbocycles. The van der Waals surface area contributed by atoms with Gasteiger partial charge in [0.05, 0.1) is 19.3 Å². The number of aldehydes is 1. The van der Waals surface area contributed by atoms with E-state index in [4.69, 9.17) is 14.2 Å². The van der Waals surface area contributed by atoms with Crippen LogP contribution in [-0.2, 0) is 4.74 Å². The third-order valence-electron chi connectivity index (χ3n) is 2.28. The summed E-state index contributed by atoms with van der Waals surface area (Å²) in [6.07, 6.45) is 0.757. The molecule has 0 aromatic heterocycles. The molecule has 0 bridgehead atoms. The minimum Gasteiger partial charge on any atom is -0.497 e. The van der Waals surface area contributed by atoms with Gasteiger partial charge in [-0.3, -0.25) is 4.79 Å². The second-order valence-electron chi connectivity index (χ2n) is 4.34. The predicted octanol–water partition coefficient (Wildman–Crippen LogP) is 2.56. The number of ether oxygens (including phenoxy) is 3. The fourth-order valence-electron chi connectivity index (χ4n) is 1.41. The molecule has 0 saturated heterocycles. The van der Waals surface area contributed by atoms with Crippen molar-refractivity contribution >= 4 is 6.29 Å². The Labute approximate surface area is 108 Å². The molecule has 4 nitrogen and oxygen atoms in total. The summed E-state index contributed by atoms with van der Waals surface area (Å²) in [7, 11) is 1.56. The Morgan fingerprint density at radius 1 is 1.28 bits per heavy atom. The molecule has 0 aliphatic heterocycles. The maximum atomic E-state index is 10.9. The molecule has 0 aliphatic carbocycles. The molecule has 0 spiro atoms. The van der Waals surface area contributed by atoms with E-state index in [1.165, 1.54) is 0 Å². The average molecular weight is 252 g/mol. The van der Waals surface area contributed by atoms with Crippen molar-refractivity contribution in [1.82, 2.24) is 0 Å². The minimum atomic E-state index is 0.430. The van der Waals surface area contributed by atoms with Crippen LogP contribution in [0.4, 0.5) is 0 Å². The van der Waals surface area contributed by atoms with Crippen LogP contribution in [0.3, 0.4) is 0 Å². The number of methoxy groups -OCH3 is 1. The van der Waals surface area contributed by atoms with Crippen molar-refractivity contribution in [2.45, 2.75) is 13.8 Å². The van der Waals surface area contributed by atoms with Crippen molar-refractivity contribution in [1.29, 1.82) is 0 Å². The highest BCUT2D eigenvalue weighted by Crippen LogP contribution is 2.22. The van der Waals surface area contributed by atoms with Crippen molar-refractivity contribution in [2.75, 3.05) is 26.9 Å². The van der Waals surface area contributed by atoms with Crippen molar-refractivity contribution in [3.8, 4) is 11.5 Å². The van der Waals surface area contributed by atoms with E-state index in [0.717, 1.165) is 6.29 Å². The van der Waals surface area contributed by atoms with E-state index in [1.54, 1.807) is 25.3 Å². The van der Waals surface area contributed by atoms with E-state index in [1.807, 2.05) is 0 Å². The van der Waals surface area contributed by atoms with Crippen LogP contribution in [0.25, 0.3) is 0 Å². The summed E-state index contributed by atoms with van der Waals surface area (Å²) in [6.45, 7) is 5.85. The molecule has 0 fully saturated rings. The fourth-order valence-corrected chi connectivity index (χ4v) is 1.41. The second kappa shape index (κ2) is 7.71. The maximum Gasteiger partial charge on any atom is 0.153 e. The van der Waals surface area contributed by atoms with Gasteiger partial charge in [-0.05, 0) is 24.1 Å². The average Bonchev–Trinajstić information content (AvgIpc) is 2.38. The third kappa shape index (κ3) is 4.75. The molecule has 1 rings (SSSR count). The van der Waals surface area contributed by atoms with Crippen LogP contribution in [-0.4, -0.2) is 33.2 Å². The molecule has 0 radical (unpaired) electrons.